The van der Waals surface area contributed by atoms with Gasteiger partial charge in [0.2, 0.25) is 0 Å². The molecule has 0 saturated carbocycles. The molecule has 0 aliphatic rings. The van der Waals surface area contributed by atoms with Gasteiger partial charge < -0.3 is 25.7 Å². The fraction of sp³-hybridized carbons (Fsp3) is 0.364. The summed E-state index contributed by atoms with van der Waals surface area (Å²) in [5, 5.41) is 38.3. The summed E-state index contributed by atoms with van der Waals surface area (Å²) in [7, 11) is 0. The molecule has 6 heteroatoms. The van der Waals surface area contributed by atoms with Crippen LogP contribution in [0.3, 0.4) is 0 Å². The molecule has 0 fully saturated rings. The number of benzene rings is 1. The number of carboxylic acid groups (broad SMARTS) is 1. The van der Waals surface area contributed by atoms with Crippen molar-refractivity contribution in [3.05, 3.63) is 28.8 Å². The van der Waals surface area contributed by atoms with E-state index in [1.165, 1.54) is 0 Å². The number of hydrogen-bond acceptors (Lipinski definition) is 4. The van der Waals surface area contributed by atoms with Crippen LogP contribution >= 0.6 is 0 Å². The molecule has 0 spiro atoms. The topological polar surface area (TPSA) is 110 Å². The minimum atomic E-state index is -1.10. The number of aromatic hydroxyl groups is 1. The fourth-order valence-corrected chi connectivity index (χ4v) is 1.53. The van der Waals surface area contributed by atoms with E-state index in [9.17, 15) is 9.90 Å². The van der Waals surface area contributed by atoms with Crippen molar-refractivity contribution >= 4 is 6.09 Å². The van der Waals surface area contributed by atoms with Gasteiger partial charge >= 0.3 is 6.09 Å². The van der Waals surface area contributed by atoms with E-state index in [1.807, 2.05) is 0 Å². The monoisotopic (exact) mass is 241 g/mol. The molecule has 0 aliphatic heterocycles. The van der Waals surface area contributed by atoms with Crippen LogP contribution in [0.1, 0.15) is 16.7 Å². The zero-order chi connectivity index (χ0) is 12.8. The zero-order valence-electron chi connectivity index (χ0n) is 9.18. The number of aliphatic hydroxyl groups is 2. The summed E-state index contributed by atoms with van der Waals surface area (Å²) in [6.45, 7) is -0.437. The third kappa shape index (κ3) is 3.61. The molecule has 0 atom stereocenters. The Morgan fingerprint density at radius 1 is 1.18 bits per heavy atom. The van der Waals surface area contributed by atoms with Crippen LogP contribution in [0.2, 0.25) is 0 Å². The van der Waals surface area contributed by atoms with E-state index >= 15 is 0 Å². The van der Waals surface area contributed by atoms with Gasteiger partial charge in [0.25, 0.3) is 0 Å². The predicted octanol–water partition coefficient (Wildman–Crippen LogP) is 0.187. The van der Waals surface area contributed by atoms with E-state index in [-0.39, 0.29) is 25.5 Å². The first-order valence-electron chi connectivity index (χ1n) is 5.10. The minimum Gasteiger partial charge on any atom is -0.507 e. The smallest absolute Gasteiger partial charge is 0.404 e. The number of hydrogen-bond donors (Lipinski definition) is 5. The quantitative estimate of drug-likeness (QED) is 0.505. The number of carbonyl (C=O) groups is 1. The Kier molecular flexibility index (Phi) is 4.74. The highest BCUT2D eigenvalue weighted by atomic mass is 16.4. The molecule has 0 saturated heterocycles. The van der Waals surface area contributed by atoms with Crippen molar-refractivity contribution in [2.75, 3.05) is 6.54 Å². The number of rotatable bonds is 5. The lowest BCUT2D eigenvalue weighted by atomic mass is 10.0. The summed E-state index contributed by atoms with van der Waals surface area (Å²) in [5.74, 6) is -0.120. The number of aliphatic hydroxyl groups excluding tert-OH is 2. The molecular formula is C11H15NO5. The molecule has 1 aromatic rings. The van der Waals surface area contributed by atoms with Gasteiger partial charge in [-0.25, -0.2) is 4.79 Å². The van der Waals surface area contributed by atoms with Crippen LogP contribution < -0.4 is 5.32 Å². The highest BCUT2D eigenvalue weighted by Crippen LogP contribution is 2.25. The maximum Gasteiger partial charge on any atom is 0.404 e. The Bertz CT molecular complexity index is 380. The first kappa shape index (κ1) is 13.3. The van der Waals surface area contributed by atoms with Crippen LogP contribution in [-0.4, -0.2) is 33.1 Å². The third-order valence-electron chi connectivity index (χ3n) is 2.36. The number of amides is 1. The second kappa shape index (κ2) is 6.07. The second-order valence-electron chi connectivity index (χ2n) is 3.56. The zero-order valence-corrected chi connectivity index (χ0v) is 9.18. The lowest BCUT2D eigenvalue weighted by Crippen LogP contribution is -2.23. The molecule has 17 heavy (non-hydrogen) atoms. The van der Waals surface area contributed by atoms with Crippen molar-refractivity contribution in [3.8, 4) is 5.75 Å². The molecule has 1 rings (SSSR count). The Morgan fingerprint density at radius 3 is 2.12 bits per heavy atom. The first-order chi connectivity index (χ1) is 8.08. The van der Waals surface area contributed by atoms with Gasteiger partial charge in [-0.05, 0) is 24.1 Å². The van der Waals surface area contributed by atoms with Gasteiger partial charge in [0.1, 0.15) is 5.75 Å². The van der Waals surface area contributed by atoms with E-state index < -0.39 is 6.09 Å². The summed E-state index contributed by atoms with van der Waals surface area (Å²) in [5.41, 5.74) is 1.38. The normalized spacial score (nSPS) is 10.2. The Balaban J connectivity index is 2.82. The van der Waals surface area contributed by atoms with Crippen LogP contribution in [0.25, 0.3) is 0 Å². The molecule has 1 amide bonds. The Hall–Kier alpha value is -1.79. The molecule has 0 aliphatic carbocycles. The molecule has 0 aromatic heterocycles. The number of phenols is 1. The SMILES string of the molecule is O=C(O)NCCc1cc(CO)c(O)c(CO)c1. The van der Waals surface area contributed by atoms with Crippen LogP contribution in [0.4, 0.5) is 4.79 Å². The van der Waals surface area contributed by atoms with Gasteiger partial charge in [0.15, 0.2) is 0 Å². The highest BCUT2D eigenvalue weighted by molar-refractivity contribution is 5.64. The van der Waals surface area contributed by atoms with Crippen LogP contribution in [0.15, 0.2) is 12.1 Å². The maximum absolute atomic E-state index is 10.3. The van der Waals surface area contributed by atoms with Gasteiger partial charge in [-0.1, -0.05) is 0 Å². The lowest BCUT2D eigenvalue weighted by Gasteiger charge is -2.10. The summed E-state index contributed by atoms with van der Waals surface area (Å²) >= 11 is 0. The summed E-state index contributed by atoms with van der Waals surface area (Å²) < 4.78 is 0. The average Bonchev–Trinajstić information content (AvgIpc) is 2.30. The van der Waals surface area contributed by atoms with Crippen molar-refractivity contribution in [1.29, 1.82) is 0 Å². The highest BCUT2D eigenvalue weighted by Gasteiger charge is 2.08. The largest absolute Gasteiger partial charge is 0.507 e. The molecular weight excluding hydrogens is 226 g/mol. The van der Waals surface area contributed by atoms with Gasteiger partial charge in [-0.15, -0.1) is 0 Å². The molecule has 1 aromatic carbocycles. The fourth-order valence-electron chi connectivity index (χ4n) is 1.53. The van der Waals surface area contributed by atoms with Crippen LogP contribution in [0, 0.1) is 0 Å². The molecule has 0 bridgehead atoms. The molecule has 5 N–H and O–H groups in total. The van der Waals surface area contributed by atoms with Gasteiger partial charge in [0.05, 0.1) is 13.2 Å². The first-order valence-corrected chi connectivity index (χ1v) is 5.10. The van der Waals surface area contributed by atoms with Gasteiger partial charge in [-0.2, -0.15) is 0 Å². The van der Waals surface area contributed by atoms with Crippen molar-refractivity contribution in [2.45, 2.75) is 19.6 Å². The second-order valence-corrected chi connectivity index (χ2v) is 3.56. The van der Waals surface area contributed by atoms with Gasteiger partial charge in [0, 0.05) is 17.7 Å². The van der Waals surface area contributed by atoms with E-state index in [1.54, 1.807) is 12.1 Å². The summed E-state index contributed by atoms with van der Waals surface area (Å²) in [6, 6.07) is 3.16. The molecule has 0 heterocycles. The van der Waals surface area contributed by atoms with E-state index in [2.05, 4.69) is 5.32 Å². The van der Waals surface area contributed by atoms with Crippen molar-refractivity contribution in [1.82, 2.24) is 5.32 Å². The molecule has 0 radical (unpaired) electrons. The molecule has 0 unspecified atom stereocenters. The van der Waals surface area contributed by atoms with E-state index in [4.69, 9.17) is 15.3 Å². The molecule has 94 valence electrons. The van der Waals surface area contributed by atoms with E-state index in [0.29, 0.717) is 17.5 Å². The minimum absolute atomic E-state index is 0.120. The standard InChI is InChI=1S/C11H15NO5/c13-5-8-3-7(1-2-12-11(16)17)4-9(6-14)10(8)15/h3-4,12-15H,1-2,5-6H2,(H,16,17). The number of nitrogens with one attached hydrogen (secondary N) is 1. The van der Waals surface area contributed by atoms with Crippen molar-refractivity contribution in [3.63, 3.8) is 0 Å². The lowest BCUT2D eigenvalue weighted by molar-refractivity contribution is 0.194. The summed E-state index contributed by atoms with van der Waals surface area (Å²) in [4.78, 5) is 10.3. The van der Waals surface area contributed by atoms with Crippen molar-refractivity contribution in [2.24, 2.45) is 0 Å². The Labute approximate surface area is 98.1 Å². The van der Waals surface area contributed by atoms with Crippen LogP contribution in [0.5, 0.6) is 5.75 Å². The van der Waals surface area contributed by atoms with E-state index in [0.717, 1.165) is 5.56 Å². The average molecular weight is 241 g/mol. The maximum atomic E-state index is 10.3. The Morgan fingerprint density at radius 2 is 1.71 bits per heavy atom. The predicted molar refractivity (Wildman–Crippen MR) is 59.7 cm³/mol. The van der Waals surface area contributed by atoms with Crippen LogP contribution in [-0.2, 0) is 19.6 Å². The van der Waals surface area contributed by atoms with Gasteiger partial charge in [-0.3, -0.25) is 0 Å². The summed E-state index contributed by atoms with van der Waals surface area (Å²) in [6.07, 6.45) is -0.680. The third-order valence-corrected chi connectivity index (χ3v) is 2.36. The molecule has 6 nitrogen and oxygen atoms in total. The van der Waals surface area contributed by atoms with Crippen molar-refractivity contribution < 1.29 is 25.2 Å².